The molecule has 2 rings (SSSR count). The molecule has 1 heterocycles. The minimum absolute atomic E-state index is 0.0257. The Labute approximate surface area is 138 Å². The van der Waals surface area contributed by atoms with Crippen molar-refractivity contribution in [3.63, 3.8) is 0 Å². The van der Waals surface area contributed by atoms with Gasteiger partial charge in [0.05, 0.1) is 6.04 Å². The van der Waals surface area contributed by atoms with Gasteiger partial charge in [-0.15, -0.1) is 0 Å². The van der Waals surface area contributed by atoms with Crippen LogP contribution in [-0.4, -0.2) is 48.9 Å². The zero-order valence-corrected chi connectivity index (χ0v) is 14.6. The maximum atomic E-state index is 12.5. The van der Waals surface area contributed by atoms with E-state index in [1.54, 1.807) is 19.0 Å². The lowest BCUT2D eigenvalue weighted by atomic mass is 9.96. The zero-order chi connectivity index (χ0) is 17.0. The Bertz CT molecular complexity index is 584. The first kappa shape index (κ1) is 17.3. The van der Waals surface area contributed by atoms with E-state index >= 15 is 0 Å². The largest absolute Gasteiger partial charge is 0.349 e. The Morgan fingerprint density at radius 1 is 1.30 bits per heavy atom. The van der Waals surface area contributed by atoms with Gasteiger partial charge in [-0.05, 0) is 43.4 Å². The molecular formula is C18H27N3O2. The monoisotopic (exact) mass is 317 g/mol. The third kappa shape index (κ3) is 4.03. The summed E-state index contributed by atoms with van der Waals surface area (Å²) in [5, 5.41) is 2.88. The molecule has 5 nitrogen and oxygen atoms in total. The highest BCUT2D eigenvalue weighted by Gasteiger charge is 2.30. The zero-order valence-electron chi connectivity index (χ0n) is 14.6. The van der Waals surface area contributed by atoms with Crippen LogP contribution < -0.4 is 5.32 Å². The van der Waals surface area contributed by atoms with Gasteiger partial charge in [-0.2, -0.15) is 0 Å². The van der Waals surface area contributed by atoms with Crippen molar-refractivity contribution < 1.29 is 9.59 Å². The Hall–Kier alpha value is -2.04. The number of aryl methyl sites for hydroxylation is 1. The summed E-state index contributed by atoms with van der Waals surface area (Å²) >= 11 is 0. The lowest BCUT2D eigenvalue weighted by molar-refractivity contribution is -0.128. The van der Waals surface area contributed by atoms with Crippen LogP contribution in [0.5, 0.6) is 0 Å². The third-order valence-corrected chi connectivity index (χ3v) is 4.63. The van der Waals surface area contributed by atoms with Crippen molar-refractivity contribution in [2.75, 3.05) is 27.2 Å². The van der Waals surface area contributed by atoms with Crippen molar-refractivity contribution in [3.05, 3.63) is 34.9 Å². The number of hydrogen-bond donors (Lipinski definition) is 1. The molecule has 126 valence electrons. The molecule has 0 aromatic heterocycles. The van der Waals surface area contributed by atoms with E-state index in [0.717, 1.165) is 19.4 Å². The lowest BCUT2D eigenvalue weighted by Gasteiger charge is -2.27. The Kier molecular flexibility index (Phi) is 5.64. The SMILES string of the molecule is Cc1cccc(C2CCCN2C(=O)NCCC(=O)N(C)C)c1C. The molecule has 0 spiro atoms. The molecule has 1 N–H and O–H groups in total. The standard InChI is InChI=1S/C18H27N3O2/c1-13-7-5-8-15(14(13)2)16-9-6-12-21(16)18(23)19-11-10-17(22)20(3)4/h5,7-8,16H,6,9-12H2,1-4H3,(H,19,23). The van der Waals surface area contributed by atoms with Gasteiger partial charge in [-0.25, -0.2) is 4.79 Å². The molecular weight excluding hydrogens is 290 g/mol. The quantitative estimate of drug-likeness (QED) is 0.928. The van der Waals surface area contributed by atoms with E-state index < -0.39 is 0 Å². The summed E-state index contributed by atoms with van der Waals surface area (Å²) in [6, 6.07) is 6.35. The number of hydrogen-bond acceptors (Lipinski definition) is 2. The fourth-order valence-corrected chi connectivity index (χ4v) is 3.07. The first-order valence-corrected chi connectivity index (χ1v) is 8.22. The van der Waals surface area contributed by atoms with Crippen LogP contribution in [0.15, 0.2) is 18.2 Å². The van der Waals surface area contributed by atoms with Crippen LogP contribution in [0.3, 0.4) is 0 Å². The number of carbonyl (C=O) groups excluding carboxylic acids is 2. The molecule has 1 saturated heterocycles. The van der Waals surface area contributed by atoms with Gasteiger partial charge in [-0.3, -0.25) is 4.79 Å². The van der Waals surface area contributed by atoms with Crippen LogP contribution in [-0.2, 0) is 4.79 Å². The van der Waals surface area contributed by atoms with Crippen molar-refractivity contribution >= 4 is 11.9 Å². The van der Waals surface area contributed by atoms with Crippen molar-refractivity contribution in [3.8, 4) is 0 Å². The van der Waals surface area contributed by atoms with Crippen molar-refractivity contribution in [1.82, 2.24) is 15.1 Å². The number of nitrogens with zero attached hydrogens (tertiary/aromatic N) is 2. The normalized spacial score (nSPS) is 17.2. The summed E-state index contributed by atoms with van der Waals surface area (Å²) in [4.78, 5) is 27.5. The molecule has 3 amide bonds. The summed E-state index contributed by atoms with van der Waals surface area (Å²) in [5.41, 5.74) is 3.76. The summed E-state index contributed by atoms with van der Waals surface area (Å²) in [5.74, 6) is 0.0257. The summed E-state index contributed by atoms with van der Waals surface area (Å²) in [7, 11) is 3.45. The maximum absolute atomic E-state index is 12.5. The van der Waals surface area contributed by atoms with Crippen LogP contribution in [0.25, 0.3) is 0 Å². The van der Waals surface area contributed by atoms with E-state index in [9.17, 15) is 9.59 Å². The van der Waals surface area contributed by atoms with Crippen molar-refractivity contribution in [2.24, 2.45) is 0 Å². The van der Waals surface area contributed by atoms with E-state index in [1.807, 2.05) is 4.90 Å². The molecule has 0 saturated carbocycles. The van der Waals surface area contributed by atoms with Gasteiger partial charge in [0.2, 0.25) is 5.91 Å². The predicted octanol–water partition coefficient (Wildman–Crippen LogP) is 2.63. The average molecular weight is 317 g/mol. The molecule has 1 unspecified atom stereocenters. The minimum atomic E-state index is -0.0695. The fraction of sp³-hybridized carbons (Fsp3) is 0.556. The highest BCUT2D eigenvalue weighted by Crippen LogP contribution is 2.34. The van der Waals surface area contributed by atoms with E-state index in [1.165, 1.54) is 16.7 Å². The molecule has 1 atom stereocenters. The molecule has 0 radical (unpaired) electrons. The molecule has 0 aliphatic carbocycles. The van der Waals surface area contributed by atoms with Crippen LogP contribution in [0, 0.1) is 13.8 Å². The second kappa shape index (κ2) is 7.49. The van der Waals surface area contributed by atoms with E-state index in [2.05, 4.69) is 37.4 Å². The van der Waals surface area contributed by atoms with Crippen LogP contribution >= 0.6 is 0 Å². The van der Waals surface area contributed by atoms with Gasteiger partial charge >= 0.3 is 6.03 Å². The van der Waals surface area contributed by atoms with Gasteiger partial charge in [0.15, 0.2) is 0 Å². The second-order valence-corrected chi connectivity index (χ2v) is 6.41. The van der Waals surface area contributed by atoms with Crippen LogP contribution in [0.4, 0.5) is 4.79 Å². The second-order valence-electron chi connectivity index (χ2n) is 6.41. The number of urea groups is 1. The van der Waals surface area contributed by atoms with Crippen molar-refractivity contribution in [2.45, 2.75) is 39.2 Å². The van der Waals surface area contributed by atoms with Crippen LogP contribution in [0.1, 0.15) is 42.0 Å². The molecule has 0 bridgehead atoms. The predicted molar refractivity (Wildman–Crippen MR) is 91.3 cm³/mol. The molecule has 1 aliphatic rings. The third-order valence-electron chi connectivity index (χ3n) is 4.63. The molecule has 1 aliphatic heterocycles. The number of amides is 3. The van der Waals surface area contributed by atoms with Gasteiger partial charge in [0.1, 0.15) is 0 Å². The maximum Gasteiger partial charge on any atom is 0.317 e. The van der Waals surface area contributed by atoms with Gasteiger partial charge in [0.25, 0.3) is 0 Å². The molecule has 1 aromatic rings. The highest BCUT2D eigenvalue weighted by molar-refractivity contribution is 5.78. The lowest BCUT2D eigenvalue weighted by Crippen LogP contribution is -2.41. The van der Waals surface area contributed by atoms with E-state index in [-0.39, 0.29) is 18.0 Å². The number of nitrogens with one attached hydrogen (secondary N) is 1. The van der Waals surface area contributed by atoms with Gasteiger partial charge in [-0.1, -0.05) is 18.2 Å². The number of likely N-dealkylation sites (tertiary alicyclic amines) is 1. The Morgan fingerprint density at radius 3 is 2.74 bits per heavy atom. The number of carbonyl (C=O) groups is 2. The average Bonchev–Trinajstić information content (AvgIpc) is 2.99. The molecule has 1 fully saturated rings. The molecule has 1 aromatic carbocycles. The number of rotatable bonds is 4. The number of benzene rings is 1. The van der Waals surface area contributed by atoms with Gasteiger partial charge < -0.3 is 15.1 Å². The van der Waals surface area contributed by atoms with Crippen molar-refractivity contribution in [1.29, 1.82) is 0 Å². The van der Waals surface area contributed by atoms with Crippen LogP contribution in [0.2, 0.25) is 0 Å². The Morgan fingerprint density at radius 2 is 2.04 bits per heavy atom. The first-order valence-electron chi connectivity index (χ1n) is 8.22. The Balaban J connectivity index is 2.00. The first-order chi connectivity index (χ1) is 10.9. The van der Waals surface area contributed by atoms with E-state index in [4.69, 9.17) is 0 Å². The summed E-state index contributed by atoms with van der Waals surface area (Å²) < 4.78 is 0. The smallest absolute Gasteiger partial charge is 0.317 e. The van der Waals surface area contributed by atoms with Gasteiger partial charge in [0, 0.05) is 33.6 Å². The topological polar surface area (TPSA) is 52.7 Å². The van der Waals surface area contributed by atoms with E-state index in [0.29, 0.717) is 13.0 Å². The molecule has 23 heavy (non-hydrogen) atoms. The molecule has 5 heteroatoms. The minimum Gasteiger partial charge on any atom is -0.349 e. The highest BCUT2D eigenvalue weighted by atomic mass is 16.2. The fourth-order valence-electron chi connectivity index (χ4n) is 3.07. The summed E-state index contributed by atoms with van der Waals surface area (Å²) in [6.45, 7) is 5.37. The summed E-state index contributed by atoms with van der Waals surface area (Å²) in [6.07, 6.45) is 2.34.